The third-order valence-corrected chi connectivity index (χ3v) is 5.17. The molecule has 10 heteroatoms. The van der Waals surface area contributed by atoms with Gasteiger partial charge in [0.2, 0.25) is 11.9 Å². The van der Waals surface area contributed by atoms with Crippen molar-refractivity contribution in [1.82, 2.24) is 29.7 Å². The highest BCUT2D eigenvalue weighted by molar-refractivity contribution is 5.83. The normalized spacial score (nSPS) is 18.1. The van der Waals surface area contributed by atoms with Gasteiger partial charge in [-0.05, 0) is 12.8 Å². The Labute approximate surface area is 164 Å². The van der Waals surface area contributed by atoms with Gasteiger partial charge in [-0.3, -0.25) is 9.69 Å². The van der Waals surface area contributed by atoms with Gasteiger partial charge in [0.15, 0.2) is 11.5 Å². The predicted octanol–water partition coefficient (Wildman–Crippen LogP) is 0.521. The first kappa shape index (κ1) is 18.9. The van der Waals surface area contributed by atoms with E-state index in [0.29, 0.717) is 18.0 Å². The molecule has 0 aliphatic carbocycles. The number of anilines is 2. The molecule has 2 aliphatic heterocycles. The zero-order valence-corrected chi connectivity index (χ0v) is 16.1. The average Bonchev–Trinajstić information content (AvgIpc) is 3.35. The molecular weight excluding hydrogens is 360 g/mol. The molecule has 2 fully saturated rings. The first-order valence-electron chi connectivity index (χ1n) is 10.1. The highest BCUT2D eigenvalue weighted by Crippen LogP contribution is 2.18. The predicted molar refractivity (Wildman–Crippen MR) is 106 cm³/mol. The standard InChI is InChI=1S/C18H28N8O2/c27-14-3-1-6-26(14)7-2-4-19-16-15-17(22-13-21-15)24-18(23-16)20-5-8-25-9-11-28-12-10-25/h13H,1-12H2,(H3,19,20,21,22,23,24). The molecule has 2 aliphatic rings. The molecule has 4 rings (SSSR count). The van der Waals surface area contributed by atoms with Crippen LogP contribution in [0.3, 0.4) is 0 Å². The van der Waals surface area contributed by atoms with Crippen molar-refractivity contribution in [2.45, 2.75) is 19.3 Å². The quantitative estimate of drug-likeness (QED) is 0.533. The lowest BCUT2D eigenvalue weighted by Crippen LogP contribution is -2.39. The summed E-state index contributed by atoms with van der Waals surface area (Å²) in [5.41, 5.74) is 1.44. The van der Waals surface area contributed by atoms with Gasteiger partial charge < -0.3 is 25.3 Å². The number of rotatable bonds is 9. The minimum Gasteiger partial charge on any atom is -0.379 e. The Morgan fingerprint density at radius 3 is 2.82 bits per heavy atom. The third kappa shape index (κ3) is 4.68. The number of nitrogens with zero attached hydrogens (tertiary/aromatic N) is 5. The molecular formula is C18H28N8O2. The van der Waals surface area contributed by atoms with E-state index < -0.39 is 0 Å². The van der Waals surface area contributed by atoms with Crippen molar-refractivity contribution < 1.29 is 9.53 Å². The third-order valence-electron chi connectivity index (χ3n) is 5.17. The van der Waals surface area contributed by atoms with Crippen LogP contribution in [-0.4, -0.2) is 94.7 Å². The van der Waals surface area contributed by atoms with Gasteiger partial charge in [0.1, 0.15) is 5.52 Å². The van der Waals surface area contributed by atoms with E-state index in [9.17, 15) is 4.79 Å². The number of carbonyl (C=O) groups is 1. The Balaban J connectivity index is 1.30. The van der Waals surface area contributed by atoms with E-state index in [1.54, 1.807) is 6.33 Å². The minimum atomic E-state index is 0.268. The van der Waals surface area contributed by atoms with E-state index in [1.807, 2.05) is 4.90 Å². The number of imidazole rings is 1. The molecule has 3 N–H and O–H groups in total. The lowest BCUT2D eigenvalue weighted by molar-refractivity contribution is -0.127. The maximum atomic E-state index is 11.7. The molecule has 0 bridgehead atoms. The Hall–Kier alpha value is -2.46. The SMILES string of the molecule is O=C1CCCN1CCCNc1nc(NCCN2CCOCC2)nc2nc[nH]c12. The number of morpholine rings is 1. The van der Waals surface area contributed by atoms with Crippen LogP contribution in [-0.2, 0) is 9.53 Å². The van der Waals surface area contributed by atoms with Crippen molar-refractivity contribution >= 4 is 28.8 Å². The van der Waals surface area contributed by atoms with E-state index in [-0.39, 0.29) is 5.91 Å². The lowest BCUT2D eigenvalue weighted by atomic mass is 10.3. The highest BCUT2D eigenvalue weighted by Gasteiger charge is 2.19. The Kier molecular flexibility index (Phi) is 6.17. The van der Waals surface area contributed by atoms with Gasteiger partial charge in [-0.15, -0.1) is 0 Å². The number of ether oxygens (including phenoxy) is 1. The van der Waals surface area contributed by atoms with Crippen LogP contribution < -0.4 is 10.6 Å². The van der Waals surface area contributed by atoms with Crippen LogP contribution in [0, 0.1) is 0 Å². The summed E-state index contributed by atoms with van der Waals surface area (Å²) >= 11 is 0. The second-order valence-electron chi connectivity index (χ2n) is 7.14. The van der Waals surface area contributed by atoms with Crippen LogP contribution in [0.2, 0.25) is 0 Å². The van der Waals surface area contributed by atoms with Gasteiger partial charge in [0.25, 0.3) is 0 Å². The van der Waals surface area contributed by atoms with Crippen LogP contribution in [0.4, 0.5) is 11.8 Å². The molecule has 2 aromatic rings. The molecule has 0 spiro atoms. The summed E-state index contributed by atoms with van der Waals surface area (Å²) in [7, 11) is 0. The summed E-state index contributed by atoms with van der Waals surface area (Å²) in [4.78, 5) is 32.5. The van der Waals surface area contributed by atoms with Gasteiger partial charge in [0.05, 0.1) is 19.5 Å². The smallest absolute Gasteiger partial charge is 0.226 e. The first-order valence-corrected chi connectivity index (χ1v) is 10.1. The zero-order chi connectivity index (χ0) is 19.2. The van der Waals surface area contributed by atoms with Crippen LogP contribution in [0.1, 0.15) is 19.3 Å². The topological polar surface area (TPSA) is 111 Å². The molecule has 0 saturated carbocycles. The van der Waals surface area contributed by atoms with Gasteiger partial charge in [-0.2, -0.15) is 9.97 Å². The molecule has 0 unspecified atom stereocenters. The highest BCUT2D eigenvalue weighted by atomic mass is 16.5. The summed E-state index contributed by atoms with van der Waals surface area (Å²) in [5, 5.41) is 6.67. The van der Waals surface area contributed by atoms with Crippen molar-refractivity contribution in [1.29, 1.82) is 0 Å². The monoisotopic (exact) mass is 388 g/mol. The van der Waals surface area contributed by atoms with E-state index in [1.165, 1.54) is 0 Å². The Morgan fingerprint density at radius 2 is 2.00 bits per heavy atom. The van der Waals surface area contributed by atoms with Crippen molar-refractivity contribution in [2.24, 2.45) is 0 Å². The summed E-state index contributed by atoms with van der Waals surface area (Å²) in [6.45, 7) is 7.63. The number of hydrogen-bond acceptors (Lipinski definition) is 8. The van der Waals surface area contributed by atoms with Crippen molar-refractivity contribution in [3.63, 3.8) is 0 Å². The summed E-state index contributed by atoms with van der Waals surface area (Å²) in [6.07, 6.45) is 4.18. The molecule has 2 aromatic heterocycles. The second kappa shape index (κ2) is 9.16. The van der Waals surface area contributed by atoms with Crippen LogP contribution in [0.5, 0.6) is 0 Å². The van der Waals surface area contributed by atoms with Gasteiger partial charge in [-0.1, -0.05) is 0 Å². The molecule has 2 saturated heterocycles. The summed E-state index contributed by atoms with van der Waals surface area (Å²) in [5.74, 6) is 1.58. The van der Waals surface area contributed by atoms with Gasteiger partial charge in [-0.25, -0.2) is 4.98 Å². The number of H-pyrrole nitrogens is 1. The van der Waals surface area contributed by atoms with E-state index >= 15 is 0 Å². The molecule has 1 amide bonds. The van der Waals surface area contributed by atoms with Gasteiger partial charge >= 0.3 is 0 Å². The number of aromatic nitrogens is 4. The number of aromatic amines is 1. The fraction of sp³-hybridized carbons (Fsp3) is 0.667. The van der Waals surface area contributed by atoms with Crippen molar-refractivity contribution in [3.8, 4) is 0 Å². The van der Waals surface area contributed by atoms with Crippen LogP contribution in [0.15, 0.2) is 6.33 Å². The second-order valence-corrected chi connectivity index (χ2v) is 7.14. The Morgan fingerprint density at radius 1 is 1.11 bits per heavy atom. The fourth-order valence-corrected chi connectivity index (χ4v) is 3.61. The molecule has 28 heavy (non-hydrogen) atoms. The number of carbonyl (C=O) groups excluding carboxylic acids is 1. The molecule has 4 heterocycles. The molecule has 10 nitrogen and oxygen atoms in total. The fourth-order valence-electron chi connectivity index (χ4n) is 3.61. The maximum Gasteiger partial charge on any atom is 0.226 e. The van der Waals surface area contributed by atoms with Crippen molar-refractivity contribution in [2.75, 3.05) is 69.7 Å². The first-order chi connectivity index (χ1) is 13.8. The minimum absolute atomic E-state index is 0.268. The zero-order valence-electron chi connectivity index (χ0n) is 16.1. The van der Waals surface area contributed by atoms with Gasteiger partial charge in [0, 0.05) is 52.2 Å². The molecule has 0 radical (unpaired) electrons. The Bertz CT molecular complexity index is 789. The number of fused-ring (bicyclic) bond motifs is 1. The van der Waals surface area contributed by atoms with Crippen LogP contribution >= 0.6 is 0 Å². The number of nitrogens with one attached hydrogen (secondary N) is 3. The van der Waals surface area contributed by atoms with E-state index in [2.05, 4.69) is 35.5 Å². The largest absolute Gasteiger partial charge is 0.379 e. The van der Waals surface area contributed by atoms with Crippen LogP contribution in [0.25, 0.3) is 11.2 Å². The summed E-state index contributed by atoms with van der Waals surface area (Å²) < 4.78 is 5.38. The summed E-state index contributed by atoms with van der Waals surface area (Å²) in [6, 6.07) is 0. The molecule has 0 atom stereocenters. The van der Waals surface area contributed by atoms with E-state index in [4.69, 9.17) is 4.74 Å². The number of hydrogen-bond donors (Lipinski definition) is 3. The molecule has 152 valence electrons. The van der Waals surface area contributed by atoms with E-state index in [0.717, 1.165) is 83.2 Å². The number of amides is 1. The maximum absolute atomic E-state index is 11.7. The lowest BCUT2D eigenvalue weighted by Gasteiger charge is -2.26. The molecule has 0 aromatic carbocycles. The van der Waals surface area contributed by atoms with Crippen molar-refractivity contribution in [3.05, 3.63) is 6.33 Å². The number of likely N-dealkylation sites (tertiary alicyclic amines) is 1. The average molecular weight is 388 g/mol.